The summed E-state index contributed by atoms with van der Waals surface area (Å²) in [5, 5.41) is 3.05. The zero-order valence-electron chi connectivity index (χ0n) is 26.2. The van der Waals surface area contributed by atoms with Gasteiger partial charge < -0.3 is 15.0 Å². The van der Waals surface area contributed by atoms with Gasteiger partial charge in [0.2, 0.25) is 11.8 Å². The minimum atomic E-state index is -4.22. The van der Waals surface area contributed by atoms with Crippen LogP contribution in [0.4, 0.5) is 5.69 Å². The van der Waals surface area contributed by atoms with Crippen LogP contribution in [-0.2, 0) is 32.6 Å². The van der Waals surface area contributed by atoms with Crippen LogP contribution in [0.15, 0.2) is 114 Å². The summed E-state index contributed by atoms with van der Waals surface area (Å²) in [7, 11) is -2.77. The number of para-hydroxylation sites is 2. The van der Waals surface area contributed by atoms with Crippen LogP contribution in [0.2, 0.25) is 0 Å². The molecule has 2 amide bonds. The molecule has 0 saturated heterocycles. The summed E-state index contributed by atoms with van der Waals surface area (Å²) < 4.78 is 34.9. The van der Waals surface area contributed by atoms with Gasteiger partial charge in [0.1, 0.15) is 18.3 Å². The first kappa shape index (κ1) is 33.3. The SMILES string of the molecule is CC[C@H](C)NC(=O)[C@H](Cc1ccccc1)N(Cc1ccc(C)cc1)C(=O)CN(c1ccccc1OC)S(=O)(=O)c1ccccc1. The van der Waals surface area contributed by atoms with E-state index < -0.39 is 28.5 Å². The Kier molecular flexibility index (Phi) is 11.4. The van der Waals surface area contributed by atoms with Crippen molar-refractivity contribution in [3.8, 4) is 5.75 Å². The molecule has 0 unspecified atom stereocenters. The van der Waals surface area contributed by atoms with Crippen molar-refractivity contribution >= 4 is 27.5 Å². The Bertz CT molecular complexity index is 1660. The van der Waals surface area contributed by atoms with Gasteiger partial charge in [0, 0.05) is 19.0 Å². The number of benzene rings is 4. The Morgan fingerprint density at radius 2 is 1.42 bits per heavy atom. The first-order chi connectivity index (χ1) is 21.6. The van der Waals surface area contributed by atoms with Crippen LogP contribution in [0.1, 0.15) is 37.0 Å². The summed E-state index contributed by atoms with van der Waals surface area (Å²) in [6.45, 7) is 5.43. The summed E-state index contributed by atoms with van der Waals surface area (Å²) >= 11 is 0. The number of nitrogens with one attached hydrogen (secondary N) is 1. The number of amides is 2. The van der Waals surface area contributed by atoms with Gasteiger partial charge in [-0.05, 0) is 55.7 Å². The number of hydrogen-bond acceptors (Lipinski definition) is 5. The van der Waals surface area contributed by atoms with Crippen LogP contribution in [0, 0.1) is 6.92 Å². The minimum Gasteiger partial charge on any atom is -0.495 e. The molecule has 4 rings (SSSR count). The molecule has 45 heavy (non-hydrogen) atoms. The van der Waals surface area contributed by atoms with Gasteiger partial charge >= 0.3 is 0 Å². The summed E-state index contributed by atoms with van der Waals surface area (Å²) in [5.41, 5.74) is 2.97. The van der Waals surface area contributed by atoms with Crippen LogP contribution in [0.3, 0.4) is 0 Å². The first-order valence-electron chi connectivity index (χ1n) is 15.0. The smallest absolute Gasteiger partial charge is 0.264 e. The van der Waals surface area contributed by atoms with Crippen LogP contribution in [-0.4, -0.2) is 50.9 Å². The molecule has 4 aromatic rings. The van der Waals surface area contributed by atoms with Crippen molar-refractivity contribution in [2.24, 2.45) is 0 Å². The molecule has 0 aliphatic heterocycles. The van der Waals surface area contributed by atoms with E-state index in [9.17, 15) is 18.0 Å². The third-order valence-electron chi connectivity index (χ3n) is 7.71. The fourth-order valence-electron chi connectivity index (χ4n) is 4.95. The van der Waals surface area contributed by atoms with E-state index in [1.165, 1.54) is 24.1 Å². The number of sulfonamides is 1. The van der Waals surface area contributed by atoms with Crippen molar-refractivity contribution in [1.29, 1.82) is 0 Å². The van der Waals surface area contributed by atoms with Crippen LogP contribution < -0.4 is 14.4 Å². The van der Waals surface area contributed by atoms with E-state index in [0.29, 0.717) is 12.2 Å². The van der Waals surface area contributed by atoms with Crippen molar-refractivity contribution in [1.82, 2.24) is 10.2 Å². The quantitative estimate of drug-likeness (QED) is 0.192. The van der Waals surface area contributed by atoms with Crippen LogP contribution >= 0.6 is 0 Å². The predicted molar refractivity (Wildman–Crippen MR) is 178 cm³/mol. The van der Waals surface area contributed by atoms with Gasteiger partial charge in [0.25, 0.3) is 10.0 Å². The Labute approximate surface area is 266 Å². The highest BCUT2D eigenvalue weighted by Crippen LogP contribution is 2.32. The predicted octanol–water partition coefficient (Wildman–Crippen LogP) is 5.75. The molecule has 9 heteroatoms. The number of nitrogens with zero attached hydrogens (tertiary/aromatic N) is 2. The van der Waals surface area contributed by atoms with Crippen molar-refractivity contribution < 1.29 is 22.7 Å². The molecule has 0 aliphatic rings. The standard InChI is InChI=1S/C36H41N3O5S/c1-5-28(3)37-36(41)33(24-29-14-8-6-9-15-29)38(25-30-22-20-27(2)21-23-30)35(40)26-39(32-18-12-13-19-34(32)44-4)45(42,43)31-16-10-7-11-17-31/h6-23,28,33H,5,24-26H2,1-4H3,(H,37,41)/t28-,33-/m0/s1. The molecule has 0 aromatic heterocycles. The monoisotopic (exact) mass is 627 g/mol. The van der Waals surface area contributed by atoms with Crippen molar-refractivity contribution in [2.75, 3.05) is 18.0 Å². The fraction of sp³-hybridized carbons (Fsp3) is 0.278. The maximum Gasteiger partial charge on any atom is 0.264 e. The van der Waals surface area contributed by atoms with Gasteiger partial charge in [-0.2, -0.15) is 0 Å². The molecular formula is C36H41N3O5S. The Morgan fingerprint density at radius 3 is 2.04 bits per heavy atom. The molecule has 0 heterocycles. The summed E-state index contributed by atoms with van der Waals surface area (Å²) in [6.07, 6.45) is 0.966. The molecular weight excluding hydrogens is 586 g/mol. The van der Waals surface area contributed by atoms with Crippen molar-refractivity contribution in [2.45, 2.75) is 57.1 Å². The lowest BCUT2D eigenvalue weighted by atomic mass is 10.0. The second-order valence-electron chi connectivity index (χ2n) is 11.0. The minimum absolute atomic E-state index is 0.0316. The molecule has 236 valence electrons. The normalized spacial score (nSPS) is 12.5. The van der Waals surface area contributed by atoms with Gasteiger partial charge in [-0.3, -0.25) is 13.9 Å². The molecule has 0 aliphatic carbocycles. The molecule has 8 nitrogen and oxygen atoms in total. The highest BCUT2D eigenvalue weighted by atomic mass is 32.2. The number of carbonyl (C=O) groups is 2. The van der Waals surface area contributed by atoms with E-state index in [1.54, 1.807) is 42.5 Å². The molecule has 0 bridgehead atoms. The number of hydrogen-bond donors (Lipinski definition) is 1. The molecule has 0 radical (unpaired) electrons. The average Bonchev–Trinajstić information content (AvgIpc) is 3.06. The maximum absolute atomic E-state index is 14.6. The number of aryl methyl sites for hydroxylation is 1. The molecule has 0 saturated carbocycles. The zero-order chi connectivity index (χ0) is 32.4. The van der Waals surface area contributed by atoms with E-state index in [0.717, 1.165) is 21.0 Å². The van der Waals surface area contributed by atoms with Crippen molar-refractivity contribution in [3.05, 3.63) is 126 Å². The maximum atomic E-state index is 14.6. The van der Waals surface area contributed by atoms with Gasteiger partial charge in [0.05, 0.1) is 17.7 Å². The topological polar surface area (TPSA) is 96.0 Å². The summed E-state index contributed by atoms with van der Waals surface area (Å²) in [4.78, 5) is 30.0. The number of carbonyl (C=O) groups excluding carboxylic acids is 2. The average molecular weight is 628 g/mol. The van der Waals surface area contributed by atoms with E-state index >= 15 is 0 Å². The summed E-state index contributed by atoms with van der Waals surface area (Å²) in [5.74, 6) is -0.533. The molecule has 0 spiro atoms. The van der Waals surface area contributed by atoms with E-state index in [2.05, 4.69) is 5.32 Å². The number of ether oxygens (including phenoxy) is 1. The van der Waals surface area contributed by atoms with Crippen LogP contribution in [0.5, 0.6) is 5.75 Å². The van der Waals surface area contributed by atoms with Gasteiger partial charge in [-0.1, -0.05) is 97.4 Å². The second kappa shape index (κ2) is 15.4. The Balaban J connectivity index is 1.82. The lowest BCUT2D eigenvalue weighted by Gasteiger charge is -2.34. The molecule has 4 aromatic carbocycles. The molecule has 2 atom stereocenters. The molecule has 1 N–H and O–H groups in total. The highest BCUT2D eigenvalue weighted by molar-refractivity contribution is 7.92. The second-order valence-corrected chi connectivity index (χ2v) is 12.9. The molecule has 0 fully saturated rings. The lowest BCUT2D eigenvalue weighted by Crippen LogP contribution is -2.54. The van der Waals surface area contributed by atoms with E-state index in [1.807, 2.05) is 75.4 Å². The number of rotatable bonds is 14. The third-order valence-corrected chi connectivity index (χ3v) is 9.48. The third kappa shape index (κ3) is 8.51. The summed E-state index contributed by atoms with van der Waals surface area (Å²) in [6, 6.07) is 30.9. The fourth-order valence-corrected chi connectivity index (χ4v) is 6.40. The van der Waals surface area contributed by atoms with Gasteiger partial charge in [-0.15, -0.1) is 0 Å². The Morgan fingerprint density at radius 1 is 0.822 bits per heavy atom. The largest absolute Gasteiger partial charge is 0.495 e. The Hall–Kier alpha value is -4.63. The number of methoxy groups -OCH3 is 1. The zero-order valence-corrected chi connectivity index (χ0v) is 27.0. The van der Waals surface area contributed by atoms with Gasteiger partial charge in [0.15, 0.2) is 0 Å². The first-order valence-corrected chi connectivity index (χ1v) is 16.5. The number of anilines is 1. The highest BCUT2D eigenvalue weighted by Gasteiger charge is 2.35. The lowest BCUT2D eigenvalue weighted by molar-refractivity contribution is -0.140. The van der Waals surface area contributed by atoms with Gasteiger partial charge in [-0.25, -0.2) is 8.42 Å². The van der Waals surface area contributed by atoms with Crippen LogP contribution in [0.25, 0.3) is 0 Å². The van der Waals surface area contributed by atoms with Crippen molar-refractivity contribution in [3.63, 3.8) is 0 Å². The van der Waals surface area contributed by atoms with E-state index in [-0.39, 0.29) is 35.5 Å². The van der Waals surface area contributed by atoms with E-state index in [4.69, 9.17) is 4.74 Å².